The van der Waals surface area contributed by atoms with Crippen molar-refractivity contribution in [1.82, 2.24) is 5.32 Å². The Kier molecular flexibility index (Phi) is 4.53. The van der Waals surface area contributed by atoms with Gasteiger partial charge < -0.3 is 5.32 Å². The predicted molar refractivity (Wildman–Crippen MR) is 109 cm³/mol. The number of hydrogen-bond donors (Lipinski definition) is 1. The van der Waals surface area contributed by atoms with E-state index in [0.29, 0.717) is 0 Å². The van der Waals surface area contributed by atoms with Gasteiger partial charge in [-0.1, -0.05) is 77.1 Å². The molecule has 0 heterocycles. The van der Waals surface area contributed by atoms with Crippen LogP contribution in [0.5, 0.6) is 0 Å². The minimum Gasteiger partial charge on any atom is -0.385 e. The van der Waals surface area contributed by atoms with Crippen LogP contribution in [0.4, 0.5) is 0 Å². The lowest BCUT2D eigenvalue weighted by Crippen LogP contribution is -2.17. The van der Waals surface area contributed by atoms with E-state index in [0.717, 1.165) is 13.0 Å². The number of benzene rings is 1. The molecule has 1 aromatic carbocycles. The fraction of sp³-hybridized carbons (Fsp3) is 0.417. The molecule has 0 aromatic heterocycles. The van der Waals surface area contributed by atoms with Crippen molar-refractivity contribution < 1.29 is 0 Å². The molecule has 3 rings (SSSR count). The van der Waals surface area contributed by atoms with Gasteiger partial charge in [0.2, 0.25) is 0 Å². The van der Waals surface area contributed by atoms with Gasteiger partial charge in [-0.3, -0.25) is 0 Å². The van der Waals surface area contributed by atoms with Gasteiger partial charge in [0.1, 0.15) is 0 Å². The summed E-state index contributed by atoms with van der Waals surface area (Å²) in [5.74, 6) is 0. The summed E-state index contributed by atoms with van der Waals surface area (Å²) in [6.45, 7) is 14.5. The number of fused-ring (bicyclic) bond motifs is 2. The molecule has 0 bridgehead atoms. The molecule has 0 fully saturated rings. The van der Waals surface area contributed by atoms with Crippen LogP contribution >= 0.6 is 0 Å². The fourth-order valence-corrected chi connectivity index (χ4v) is 4.10. The fourth-order valence-electron chi connectivity index (χ4n) is 4.10. The smallest absolute Gasteiger partial charge is 0.0331 e. The van der Waals surface area contributed by atoms with E-state index in [2.05, 4.69) is 95.4 Å². The lowest BCUT2D eigenvalue weighted by molar-refractivity contribution is 0.516. The van der Waals surface area contributed by atoms with Crippen LogP contribution in [0.3, 0.4) is 0 Å². The topological polar surface area (TPSA) is 12.0 Å². The van der Waals surface area contributed by atoms with Gasteiger partial charge in [0.05, 0.1) is 0 Å². The highest BCUT2D eigenvalue weighted by atomic mass is 14.9. The maximum absolute atomic E-state index is 3.62. The van der Waals surface area contributed by atoms with Crippen molar-refractivity contribution in [1.29, 1.82) is 0 Å². The summed E-state index contributed by atoms with van der Waals surface area (Å²) >= 11 is 0. The van der Waals surface area contributed by atoms with Gasteiger partial charge in [-0.15, -0.1) is 0 Å². The van der Waals surface area contributed by atoms with Gasteiger partial charge >= 0.3 is 0 Å². The third-order valence-corrected chi connectivity index (χ3v) is 5.53. The Balaban J connectivity index is 1.66. The molecule has 0 saturated carbocycles. The van der Waals surface area contributed by atoms with Crippen LogP contribution in [0.15, 0.2) is 65.4 Å². The zero-order valence-corrected chi connectivity index (χ0v) is 16.5. The normalized spacial score (nSPS) is 19.3. The zero-order valence-electron chi connectivity index (χ0n) is 16.5. The minimum absolute atomic E-state index is 0.121. The van der Waals surface area contributed by atoms with E-state index in [9.17, 15) is 0 Å². The van der Waals surface area contributed by atoms with Crippen molar-refractivity contribution in [2.45, 2.75) is 53.4 Å². The first-order valence-corrected chi connectivity index (χ1v) is 9.36. The van der Waals surface area contributed by atoms with Crippen LogP contribution in [-0.2, 0) is 5.41 Å². The molecule has 1 heteroatoms. The van der Waals surface area contributed by atoms with Crippen LogP contribution in [0.1, 0.15) is 59.1 Å². The molecule has 0 unspecified atom stereocenters. The van der Waals surface area contributed by atoms with Crippen molar-refractivity contribution in [2.24, 2.45) is 5.41 Å². The summed E-state index contributed by atoms with van der Waals surface area (Å²) in [5.41, 5.74) is 8.96. The molecule has 0 radical (unpaired) electrons. The van der Waals surface area contributed by atoms with Gasteiger partial charge in [0, 0.05) is 24.1 Å². The maximum atomic E-state index is 3.62. The Hall–Kier alpha value is -2.02. The Bertz CT molecular complexity index is 792. The van der Waals surface area contributed by atoms with Crippen molar-refractivity contribution in [2.75, 3.05) is 6.54 Å². The first kappa shape index (κ1) is 17.8. The van der Waals surface area contributed by atoms with E-state index in [1.807, 2.05) is 0 Å². The molecule has 25 heavy (non-hydrogen) atoms. The number of allylic oxidation sites excluding steroid dienone is 6. The zero-order chi connectivity index (χ0) is 18.2. The molecule has 1 N–H and O–H groups in total. The second-order valence-corrected chi connectivity index (χ2v) is 8.69. The van der Waals surface area contributed by atoms with Gasteiger partial charge in [0.25, 0.3) is 0 Å². The summed E-state index contributed by atoms with van der Waals surface area (Å²) in [6.07, 6.45) is 10.1. The second-order valence-electron chi connectivity index (χ2n) is 8.69. The van der Waals surface area contributed by atoms with Crippen molar-refractivity contribution >= 4 is 5.57 Å². The third-order valence-electron chi connectivity index (χ3n) is 5.53. The van der Waals surface area contributed by atoms with Gasteiger partial charge in [0.15, 0.2) is 0 Å². The quantitative estimate of drug-likeness (QED) is 0.651. The van der Waals surface area contributed by atoms with Gasteiger partial charge in [-0.2, -0.15) is 0 Å². The summed E-state index contributed by atoms with van der Waals surface area (Å²) < 4.78 is 0. The molecule has 1 nitrogen and oxygen atoms in total. The van der Waals surface area contributed by atoms with Crippen LogP contribution in [0.25, 0.3) is 5.57 Å². The van der Waals surface area contributed by atoms with Gasteiger partial charge in [-0.25, -0.2) is 0 Å². The molecule has 0 amide bonds. The number of rotatable bonds is 4. The summed E-state index contributed by atoms with van der Waals surface area (Å²) in [6, 6.07) is 8.87. The highest BCUT2D eigenvalue weighted by molar-refractivity contribution is 5.86. The molecule has 2 aliphatic rings. The third kappa shape index (κ3) is 3.25. The molecule has 0 atom stereocenters. The first-order valence-electron chi connectivity index (χ1n) is 9.36. The van der Waals surface area contributed by atoms with Gasteiger partial charge in [-0.05, 0) is 46.3 Å². The largest absolute Gasteiger partial charge is 0.385 e. The van der Waals surface area contributed by atoms with E-state index >= 15 is 0 Å². The van der Waals surface area contributed by atoms with Crippen LogP contribution in [0, 0.1) is 5.41 Å². The van der Waals surface area contributed by atoms with E-state index in [1.165, 1.54) is 33.5 Å². The molecular weight excluding hydrogens is 302 g/mol. The maximum Gasteiger partial charge on any atom is 0.0331 e. The van der Waals surface area contributed by atoms with Crippen LogP contribution in [0.2, 0.25) is 0 Å². The Morgan fingerprint density at radius 1 is 1.20 bits per heavy atom. The summed E-state index contributed by atoms with van der Waals surface area (Å²) in [7, 11) is 0. The Labute approximate surface area is 153 Å². The summed E-state index contributed by atoms with van der Waals surface area (Å²) in [5, 5.41) is 3.62. The SMILES string of the molecule is C/C=C(\C=C/CNC1=CC2=C(C1)c1ccccc1C2(C)C)C(C)(C)C. The van der Waals surface area contributed by atoms with E-state index in [-0.39, 0.29) is 10.8 Å². The van der Waals surface area contributed by atoms with Crippen LogP contribution < -0.4 is 5.32 Å². The lowest BCUT2D eigenvalue weighted by atomic mass is 9.81. The van der Waals surface area contributed by atoms with Crippen molar-refractivity contribution in [3.63, 3.8) is 0 Å². The van der Waals surface area contributed by atoms with E-state index < -0.39 is 0 Å². The highest BCUT2D eigenvalue weighted by Gasteiger charge is 2.38. The van der Waals surface area contributed by atoms with Crippen molar-refractivity contribution in [3.8, 4) is 0 Å². The number of hydrogen-bond acceptors (Lipinski definition) is 1. The van der Waals surface area contributed by atoms with E-state index in [1.54, 1.807) is 0 Å². The second kappa shape index (κ2) is 6.37. The van der Waals surface area contributed by atoms with Crippen molar-refractivity contribution in [3.05, 3.63) is 76.5 Å². The highest BCUT2D eigenvalue weighted by Crippen LogP contribution is 2.51. The molecule has 2 aliphatic carbocycles. The Morgan fingerprint density at radius 3 is 2.60 bits per heavy atom. The standard InChI is InChI=1S/C24H31N/c1-7-17(23(2,3)4)11-10-14-25-18-15-20-19-12-8-9-13-21(19)24(5,6)22(20)16-18/h7-13,16,25H,14-15H2,1-6H3/b11-10-,17-7+. The molecule has 0 spiro atoms. The first-order chi connectivity index (χ1) is 11.7. The summed E-state index contributed by atoms with van der Waals surface area (Å²) in [4.78, 5) is 0. The molecule has 0 saturated heterocycles. The van der Waals surface area contributed by atoms with E-state index in [4.69, 9.17) is 0 Å². The molecule has 132 valence electrons. The lowest BCUT2D eigenvalue weighted by Gasteiger charge is -2.23. The predicted octanol–water partition coefficient (Wildman–Crippen LogP) is 6.16. The minimum atomic E-state index is 0.121. The molecule has 0 aliphatic heterocycles. The van der Waals surface area contributed by atoms with Crippen LogP contribution in [-0.4, -0.2) is 6.54 Å². The molecule has 1 aromatic rings. The number of nitrogens with one attached hydrogen (secondary N) is 1. The monoisotopic (exact) mass is 333 g/mol. The molecular formula is C24H31N. The Morgan fingerprint density at radius 2 is 1.92 bits per heavy atom. The average Bonchev–Trinajstić information content (AvgIpc) is 3.05. The average molecular weight is 334 g/mol.